The molecular formula is C13H11O3SSi. The molecule has 0 atom stereocenters. The van der Waals surface area contributed by atoms with E-state index in [0.717, 1.165) is 5.56 Å². The topological polar surface area (TPSA) is 43.4 Å². The largest absolute Gasteiger partial charge is 0.379 e. The quantitative estimate of drug-likeness (QED) is 0.630. The second-order valence-corrected chi connectivity index (χ2v) is 5.90. The molecule has 0 aliphatic carbocycles. The molecule has 5 heteroatoms. The van der Waals surface area contributed by atoms with Gasteiger partial charge in [-0.25, -0.2) is 0 Å². The maximum absolute atomic E-state index is 12.1. The molecule has 2 rings (SSSR count). The Kier molecular flexibility index (Phi) is 3.54. The minimum absolute atomic E-state index is 0.113. The summed E-state index contributed by atoms with van der Waals surface area (Å²) in [4.78, 5) is 0.113. The number of hydrogen-bond acceptors (Lipinski definition) is 3. The van der Waals surface area contributed by atoms with Crippen molar-refractivity contribution in [1.29, 1.82) is 0 Å². The highest BCUT2D eigenvalue weighted by molar-refractivity contribution is 7.87. The Labute approximate surface area is 110 Å². The number of benzene rings is 2. The third-order valence-electron chi connectivity index (χ3n) is 2.38. The van der Waals surface area contributed by atoms with Crippen molar-refractivity contribution in [3.8, 4) is 5.75 Å². The van der Waals surface area contributed by atoms with Crippen LogP contribution < -0.4 is 9.37 Å². The molecule has 3 nitrogen and oxygen atoms in total. The minimum atomic E-state index is -3.81. The van der Waals surface area contributed by atoms with Crippen molar-refractivity contribution in [3.63, 3.8) is 0 Å². The second-order valence-electron chi connectivity index (χ2n) is 3.85. The molecule has 0 saturated carbocycles. The van der Waals surface area contributed by atoms with E-state index in [1.54, 1.807) is 42.5 Å². The second kappa shape index (κ2) is 4.95. The highest BCUT2D eigenvalue weighted by Gasteiger charge is 2.18. The van der Waals surface area contributed by atoms with E-state index in [2.05, 4.69) is 10.2 Å². The van der Waals surface area contributed by atoms with Gasteiger partial charge in [0.1, 0.15) is 10.6 Å². The van der Waals surface area contributed by atoms with Gasteiger partial charge in [0.2, 0.25) is 0 Å². The molecule has 2 aromatic rings. The number of hydrogen-bond donors (Lipinski definition) is 0. The standard InChI is InChI=1S/C13H11O3SSi/c1-10-6-8-11(9-7-10)16-17(14,15)12-4-2-3-5-13(12)18/h2-9H,1H3. The zero-order valence-corrected chi connectivity index (χ0v) is 11.6. The predicted molar refractivity (Wildman–Crippen MR) is 70.8 cm³/mol. The summed E-state index contributed by atoms with van der Waals surface area (Å²) in [5, 5.41) is 0.476. The Balaban J connectivity index is 2.33. The van der Waals surface area contributed by atoms with Gasteiger partial charge in [0.15, 0.2) is 0 Å². The van der Waals surface area contributed by atoms with Gasteiger partial charge >= 0.3 is 10.1 Å². The third-order valence-corrected chi connectivity index (χ3v) is 4.31. The Hall–Kier alpha value is -1.59. The lowest BCUT2D eigenvalue weighted by atomic mass is 10.2. The van der Waals surface area contributed by atoms with Crippen LogP contribution in [0, 0.1) is 6.92 Å². The van der Waals surface area contributed by atoms with Gasteiger partial charge in [0.05, 0.1) is 10.2 Å². The lowest BCUT2D eigenvalue weighted by Crippen LogP contribution is -2.19. The fraction of sp³-hybridized carbons (Fsp3) is 0.0769. The molecule has 3 radical (unpaired) electrons. The molecule has 0 aliphatic rings. The summed E-state index contributed by atoms with van der Waals surface area (Å²) in [5.74, 6) is 0.301. The Bertz CT molecular complexity index is 648. The van der Waals surface area contributed by atoms with E-state index in [1.807, 2.05) is 6.92 Å². The van der Waals surface area contributed by atoms with Gasteiger partial charge < -0.3 is 4.18 Å². The summed E-state index contributed by atoms with van der Waals surface area (Å²) in [7, 11) is -0.554. The zero-order chi connectivity index (χ0) is 13.2. The normalized spacial score (nSPS) is 11.2. The van der Waals surface area contributed by atoms with E-state index < -0.39 is 10.1 Å². The van der Waals surface area contributed by atoms with Crippen molar-refractivity contribution in [3.05, 3.63) is 54.1 Å². The van der Waals surface area contributed by atoms with Crippen molar-refractivity contribution in [2.45, 2.75) is 11.8 Å². The molecular weight excluding hydrogens is 264 g/mol. The summed E-state index contributed by atoms with van der Waals surface area (Å²) in [5.41, 5.74) is 1.04. The van der Waals surface area contributed by atoms with Crippen LogP contribution in [0.4, 0.5) is 0 Å². The van der Waals surface area contributed by atoms with Gasteiger partial charge in [-0.3, -0.25) is 0 Å². The first kappa shape index (κ1) is 12.9. The maximum atomic E-state index is 12.1. The van der Waals surface area contributed by atoms with Gasteiger partial charge in [-0.2, -0.15) is 8.42 Å². The molecule has 0 heterocycles. The average Bonchev–Trinajstić information content (AvgIpc) is 2.32. The van der Waals surface area contributed by atoms with E-state index in [1.165, 1.54) is 6.07 Å². The van der Waals surface area contributed by atoms with E-state index in [9.17, 15) is 8.42 Å². The van der Waals surface area contributed by atoms with Gasteiger partial charge in [0.25, 0.3) is 0 Å². The Morgan fingerprint density at radius 2 is 1.61 bits per heavy atom. The first-order valence-electron chi connectivity index (χ1n) is 5.31. The van der Waals surface area contributed by atoms with E-state index in [0.29, 0.717) is 10.9 Å². The van der Waals surface area contributed by atoms with Crippen molar-refractivity contribution in [2.75, 3.05) is 0 Å². The van der Waals surface area contributed by atoms with E-state index in [-0.39, 0.29) is 4.90 Å². The number of aryl methyl sites for hydroxylation is 1. The summed E-state index contributed by atoms with van der Waals surface area (Å²) in [6.07, 6.45) is 0. The predicted octanol–water partition coefficient (Wildman–Crippen LogP) is 1.56. The summed E-state index contributed by atoms with van der Waals surface area (Å²) in [6.45, 7) is 1.92. The van der Waals surface area contributed by atoms with Crippen molar-refractivity contribution < 1.29 is 12.6 Å². The van der Waals surface area contributed by atoms with Gasteiger partial charge in [-0.1, -0.05) is 35.9 Å². The van der Waals surface area contributed by atoms with Crippen LogP contribution in [0.15, 0.2) is 53.4 Å². The summed E-state index contributed by atoms with van der Waals surface area (Å²) in [6, 6.07) is 13.4. The van der Waals surface area contributed by atoms with Crippen LogP contribution in [-0.4, -0.2) is 18.7 Å². The van der Waals surface area contributed by atoms with E-state index in [4.69, 9.17) is 4.18 Å². The molecule has 0 amide bonds. The van der Waals surface area contributed by atoms with Crippen LogP contribution in [0.25, 0.3) is 0 Å². The van der Waals surface area contributed by atoms with Crippen molar-refractivity contribution >= 4 is 25.5 Å². The van der Waals surface area contributed by atoms with Crippen LogP contribution in [0.5, 0.6) is 5.75 Å². The fourth-order valence-electron chi connectivity index (χ4n) is 1.45. The maximum Gasteiger partial charge on any atom is 0.339 e. The first-order valence-corrected chi connectivity index (χ1v) is 7.22. The highest BCUT2D eigenvalue weighted by atomic mass is 32.2. The molecule has 18 heavy (non-hydrogen) atoms. The molecule has 0 saturated heterocycles. The zero-order valence-electron chi connectivity index (χ0n) is 9.75. The lowest BCUT2D eigenvalue weighted by Gasteiger charge is -2.09. The molecule has 0 fully saturated rings. The van der Waals surface area contributed by atoms with Crippen molar-refractivity contribution in [1.82, 2.24) is 0 Å². The monoisotopic (exact) mass is 275 g/mol. The van der Waals surface area contributed by atoms with Crippen LogP contribution >= 0.6 is 0 Å². The Morgan fingerprint density at radius 3 is 2.22 bits per heavy atom. The average molecular weight is 275 g/mol. The van der Waals surface area contributed by atoms with Crippen LogP contribution in [0.2, 0.25) is 0 Å². The van der Waals surface area contributed by atoms with Gasteiger partial charge in [-0.15, -0.1) is 0 Å². The van der Waals surface area contributed by atoms with Gasteiger partial charge in [-0.05, 0) is 30.3 Å². The summed E-state index contributed by atoms with van der Waals surface area (Å²) < 4.78 is 29.2. The van der Waals surface area contributed by atoms with Crippen LogP contribution in [0.3, 0.4) is 0 Å². The summed E-state index contributed by atoms with van der Waals surface area (Å²) >= 11 is 0. The molecule has 0 bridgehead atoms. The molecule has 0 aromatic heterocycles. The molecule has 0 unspecified atom stereocenters. The molecule has 91 valence electrons. The first-order chi connectivity index (χ1) is 8.49. The SMILES string of the molecule is Cc1ccc(OS(=O)(=O)c2ccccc2[Si])cc1. The fourth-order valence-corrected chi connectivity index (χ4v) is 3.04. The van der Waals surface area contributed by atoms with Crippen molar-refractivity contribution in [2.24, 2.45) is 0 Å². The molecule has 0 spiro atoms. The Morgan fingerprint density at radius 1 is 1.00 bits per heavy atom. The number of rotatable bonds is 3. The van der Waals surface area contributed by atoms with Gasteiger partial charge in [0, 0.05) is 0 Å². The lowest BCUT2D eigenvalue weighted by molar-refractivity contribution is 0.486. The van der Waals surface area contributed by atoms with Crippen LogP contribution in [0.1, 0.15) is 5.56 Å². The molecule has 0 N–H and O–H groups in total. The highest BCUT2D eigenvalue weighted by Crippen LogP contribution is 2.17. The smallest absolute Gasteiger partial charge is 0.339 e. The molecule has 2 aromatic carbocycles. The molecule has 0 aliphatic heterocycles. The minimum Gasteiger partial charge on any atom is -0.379 e. The van der Waals surface area contributed by atoms with E-state index >= 15 is 0 Å². The van der Waals surface area contributed by atoms with Crippen LogP contribution in [-0.2, 0) is 10.1 Å². The third kappa shape index (κ3) is 2.80.